The molecule has 0 aliphatic heterocycles. The minimum Gasteiger partial charge on any atom is -0.326 e. The zero-order chi connectivity index (χ0) is 18.1. The SMILES string of the molecule is C[C@@H]1C[C@@H]1C(=O)Nc1cccc(C(=O)N(C)c2ccc(F)c(F)c2)c1. The second-order valence-corrected chi connectivity index (χ2v) is 6.35. The fraction of sp³-hybridized carbons (Fsp3) is 0.263. The minimum atomic E-state index is -1.02. The fourth-order valence-corrected chi connectivity index (χ4v) is 2.66. The topological polar surface area (TPSA) is 49.4 Å². The number of hydrogen-bond donors (Lipinski definition) is 1. The molecule has 1 aliphatic rings. The van der Waals surface area contributed by atoms with Crippen molar-refractivity contribution in [1.29, 1.82) is 0 Å². The lowest BCUT2D eigenvalue weighted by molar-refractivity contribution is -0.117. The molecule has 3 rings (SSSR count). The van der Waals surface area contributed by atoms with E-state index < -0.39 is 11.6 Å². The zero-order valence-electron chi connectivity index (χ0n) is 13.9. The highest BCUT2D eigenvalue weighted by Gasteiger charge is 2.39. The highest BCUT2D eigenvalue weighted by molar-refractivity contribution is 6.06. The maximum Gasteiger partial charge on any atom is 0.258 e. The summed E-state index contributed by atoms with van der Waals surface area (Å²) in [4.78, 5) is 25.8. The van der Waals surface area contributed by atoms with Crippen LogP contribution in [-0.4, -0.2) is 18.9 Å². The van der Waals surface area contributed by atoms with Crippen LogP contribution in [-0.2, 0) is 4.79 Å². The van der Waals surface area contributed by atoms with Crippen molar-refractivity contribution in [2.75, 3.05) is 17.3 Å². The average molecular weight is 344 g/mol. The van der Waals surface area contributed by atoms with Gasteiger partial charge in [0, 0.05) is 36.0 Å². The summed E-state index contributed by atoms with van der Waals surface area (Å²) in [7, 11) is 1.48. The van der Waals surface area contributed by atoms with E-state index in [9.17, 15) is 18.4 Å². The maximum atomic E-state index is 13.4. The molecule has 25 heavy (non-hydrogen) atoms. The Morgan fingerprint density at radius 3 is 2.48 bits per heavy atom. The summed E-state index contributed by atoms with van der Waals surface area (Å²) in [5, 5.41) is 2.81. The van der Waals surface area contributed by atoms with Crippen molar-refractivity contribution in [2.45, 2.75) is 13.3 Å². The Bertz CT molecular complexity index is 838. The molecule has 1 aliphatic carbocycles. The van der Waals surface area contributed by atoms with E-state index in [0.29, 0.717) is 17.2 Å². The number of halogens is 2. The van der Waals surface area contributed by atoms with E-state index in [1.807, 2.05) is 6.92 Å². The molecule has 0 unspecified atom stereocenters. The molecule has 4 nitrogen and oxygen atoms in total. The Morgan fingerprint density at radius 2 is 1.84 bits per heavy atom. The van der Waals surface area contributed by atoms with Crippen molar-refractivity contribution in [3.8, 4) is 0 Å². The van der Waals surface area contributed by atoms with E-state index in [4.69, 9.17) is 0 Å². The van der Waals surface area contributed by atoms with Crippen LogP contribution < -0.4 is 10.2 Å². The molecular weight excluding hydrogens is 326 g/mol. The van der Waals surface area contributed by atoms with Crippen molar-refractivity contribution in [3.05, 3.63) is 59.7 Å². The average Bonchev–Trinajstić information content (AvgIpc) is 3.33. The van der Waals surface area contributed by atoms with Gasteiger partial charge in [-0.2, -0.15) is 0 Å². The van der Waals surface area contributed by atoms with Crippen LogP contribution in [0.15, 0.2) is 42.5 Å². The van der Waals surface area contributed by atoms with Gasteiger partial charge in [0.1, 0.15) is 0 Å². The van der Waals surface area contributed by atoms with Crippen molar-refractivity contribution in [2.24, 2.45) is 11.8 Å². The summed E-state index contributed by atoms with van der Waals surface area (Å²) in [6, 6.07) is 9.82. The molecule has 0 aromatic heterocycles. The third kappa shape index (κ3) is 3.68. The molecule has 1 fully saturated rings. The smallest absolute Gasteiger partial charge is 0.258 e. The van der Waals surface area contributed by atoms with Gasteiger partial charge in [-0.1, -0.05) is 13.0 Å². The molecule has 0 heterocycles. The highest BCUT2D eigenvalue weighted by Crippen LogP contribution is 2.38. The molecule has 6 heteroatoms. The molecule has 2 aromatic carbocycles. The molecule has 0 spiro atoms. The predicted molar refractivity (Wildman–Crippen MR) is 91.4 cm³/mol. The molecule has 2 atom stereocenters. The fourth-order valence-electron chi connectivity index (χ4n) is 2.66. The van der Waals surface area contributed by atoms with Crippen molar-refractivity contribution < 1.29 is 18.4 Å². The van der Waals surface area contributed by atoms with E-state index in [-0.39, 0.29) is 23.4 Å². The largest absolute Gasteiger partial charge is 0.326 e. The number of carbonyl (C=O) groups excluding carboxylic acids is 2. The second kappa shape index (κ2) is 6.63. The lowest BCUT2D eigenvalue weighted by atomic mass is 10.1. The molecule has 0 radical (unpaired) electrons. The van der Waals surface area contributed by atoms with Gasteiger partial charge >= 0.3 is 0 Å². The van der Waals surface area contributed by atoms with Gasteiger partial charge in [-0.05, 0) is 42.7 Å². The van der Waals surface area contributed by atoms with Gasteiger partial charge in [0.2, 0.25) is 5.91 Å². The number of nitrogens with zero attached hydrogens (tertiary/aromatic N) is 1. The van der Waals surface area contributed by atoms with Crippen LogP contribution in [0.5, 0.6) is 0 Å². The second-order valence-electron chi connectivity index (χ2n) is 6.35. The number of amides is 2. The lowest BCUT2D eigenvalue weighted by Crippen LogP contribution is -2.26. The van der Waals surface area contributed by atoms with Crippen LogP contribution in [0.3, 0.4) is 0 Å². The normalized spacial score (nSPS) is 18.6. The summed E-state index contributed by atoms with van der Waals surface area (Å²) >= 11 is 0. The van der Waals surface area contributed by atoms with Crippen LogP contribution in [0.2, 0.25) is 0 Å². The first-order chi connectivity index (χ1) is 11.9. The van der Waals surface area contributed by atoms with Gasteiger partial charge in [-0.15, -0.1) is 0 Å². The van der Waals surface area contributed by atoms with Gasteiger partial charge in [0.15, 0.2) is 11.6 Å². The van der Waals surface area contributed by atoms with E-state index in [1.54, 1.807) is 24.3 Å². The minimum absolute atomic E-state index is 0.0317. The summed E-state index contributed by atoms with van der Waals surface area (Å²) in [5.41, 5.74) is 1.12. The first-order valence-electron chi connectivity index (χ1n) is 8.01. The summed E-state index contributed by atoms with van der Waals surface area (Å²) in [6.07, 6.45) is 0.878. The van der Waals surface area contributed by atoms with Crippen LogP contribution in [0.1, 0.15) is 23.7 Å². The molecular formula is C19H18F2N2O2. The molecule has 2 amide bonds. The predicted octanol–water partition coefficient (Wildman–Crippen LogP) is 3.84. The van der Waals surface area contributed by atoms with E-state index in [2.05, 4.69) is 5.32 Å². The first-order valence-corrected chi connectivity index (χ1v) is 8.01. The van der Waals surface area contributed by atoms with E-state index in [0.717, 1.165) is 18.6 Å². The zero-order valence-corrected chi connectivity index (χ0v) is 13.9. The van der Waals surface area contributed by atoms with Crippen LogP contribution in [0.25, 0.3) is 0 Å². The highest BCUT2D eigenvalue weighted by atomic mass is 19.2. The van der Waals surface area contributed by atoms with Crippen LogP contribution >= 0.6 is 0 Å². The lowest BCUT2D eigenvalue weighted by Gasteiger charge is -2.18. The number of anilines is 2. The Kier molecular flexibility index (Phi) is 4.53. The van der Waals surface area contributed by atoms with Crippen molar-refractivity contribution in [1.82, 2.24) is 0 Å². The molecule has 0 bridgehead atoms. The molecule has 1 saturated carbocycles. The van der Waals surface area contributed by atoms with Gasteiger partial charge in [-0.3, -0.25) is 9.59 Å². The number of hydrogen-bond acceptors (Lipinski definition) is 2. The quantitative estimate of drug-likeness (QED) is 0.916. The molecule has 130 valence electrons. The van der Waals surface area contributed by atoms with Crippen molar-refractivity contribution in [3.63, 3.8) is 0 Å². The summed E-state index contributed by atoms with van der Waals surface area (Å²) in [5.74, 6) is -2.00. The summed E-state index contributed by atoms with van der Waals surface area (Å²) < 4.78 is 26.4. The Labute approximate surface area is 144 Å². The number of carbonyl (C=O) groups is 2. The third-order valence-corrected chi connectivity index (χ3v) is 4.42. The Balaban J connectivity index is 1.76. The number of rotatable bonds is 4. The molecule has 0 saturated heterocycles. The monoisotopic (exact) mass is 344 g/mol. The van der Waals surface area contributed by atoms with E-state index in [1.165, 1.54) is 18.0 Å². The van der Waals surface area contributed by atoms with Crippen LogP contribution in [0.4, 0.5) is 20.2 Å². The standard InChI is InChI=1S/C19H18F2N2O2/c1-11-8-15(11)18(24)22-13-5-3-4-12(9-13)19(25)23(2)14-6-7-16(20)17(21)10-14/h3-7,9-11,15H,8H2,1-2H3,(H,22,24)/t11-,15+/m1/s1. The Morgan fingerprint density at radius 1 is 1.12 bits per heavy atom. The first kappa shape index (κ1) is 17.1. The Hall–Kier alpha value is -2.76. The van der Waals surface area contributed by atoms with Crippen LogP contribution in [0, 0.1) is 23.5 Å². The third-order valence-electron chi connectivity index (χ3n) is 4.42. The summed E-state index contributed by atoms with van der Waals surface area (Å²) in [6.45, 7) is 2.01. The van der Waals surface area contributed by atoms with E-state index >= 15 is 0 Å². The van der Waals surface area contributed by atoms with Gasteiger partial charge in [0.25, 0.3) is 5.91 Å². The molecule has 1 N–H and O–H groups in total. The van der Waals surface area contributed by atoms with Gasteiger partial charge in [0.05, 0.1) is 0 Å². The number of benzene rings is 2. The number of nitrogens with one attached hydrogen (secondary N) is 1. The van der Waals surface area contributed by atoms with Gasteiger partial charge < -0.3 is 10.2 Å². The molecule has 2 aromatic rings. The van der Waals surface area contributed by atoms with Crippen molar-refractivity contribution >= 4 is 23.2 Å². The maximum absolute atomic E-state index is 13.4. The van der Waals surface area contributed by atoms with Gasteiger partial charge in [-0.25, -0.2) is 8.78 Å².